The summed E-state index contributed by atoms with van der Waals surface area (Å²) in [5.74, 6) is 0. The number of aliphatic hydroxyl groups excluding tert-OH is 1. The highest BCUT2D eigenvalue weighted by molar-refractivity contribution is 6.30. The van der Waals surface area contributed by atoms with Gasteiger partial charge < -0.3 is 9.84 Å². The van der Waals surface area contributed by atoms with Crippen LogP contribution in [0.4, 0.5) is 0 Å². The van der Waals surface area contributed by atoms with Crippen molar-refractivity contribution in [1.82, 2.24) is 0 Å². The van der Waals surface area contributed by atoms with Gasteiger partial charge in [-0.15, -0.1) is 0 Å². The normalized spacial score (nSPS) is 18.8. The summed E-state index contributed by atoms with van der Waals surface area (Å²) < 4.78 is 6.13. The zero-order valence-corrected chi connectivity index (χ0v) is 11.5. The van der Waals surface area contributed by atoms with E-state index in [0.717, 1.165) is 17.9 Å². The number of hydrogen-bond acceptors (Lipinski definition) is 2. The molecule has 0 aromatic heterocycles. The first-order valence-electron chi connectivity index (χ1n) is 6.78. The van der Waals surface area contributed by atoms with Gasteiger partial charge in [-0.25, -0.2) is 0 Å². The van der Waals surface area contributed by atoms with E-state index in [1.54, 1.807) is 0 Å². The quantitative estimate of drug-likeness (QED) is 0.821. The third-order valence-corrected chi connectivity index (χ3v) is 3.96. The lowest BCUT2D eigenvalue weighted by molar-refractivity contribution is -0.0793. The number of hydrogen-bond donors (Lipinski definition) is 1. The minimum Gasteiger partial charge on any atom is -0.396 e. The Hall–Kier alpha value is -0.570. The van der Waals surface area contributed by atoms with Gasteiger partial charge in [-0.3, -0.25) is 0 Å². The molecule has 0 heterocycles. The van der Waals surface area contributed by atoms with Gasteiger partial charge in [0.05, 0.1) is 5.60 Å². The summed E-state index contributed by atoms with van der Waals surface area (Å²) in [7, 11) is 0. The molecule has 1 aliphatic rings. The van der Waals surface area contributed by atoms with Crippen LogP contribution in [0.25, 0.3) is 0 Å². The maximum absolute atomic E-state index is 8.89. The largest absolute Gasteiger partial charge is 0.396 e. The molecule has 0 amide bonds. The first-order valence-corrected chi connectivity index (χ1v) is 7.15. The van der Waals surface area contributed by atoms with Crippen LogP contribution in [0.3, 0.4) is 0 Å². The van der Waals surface area contributed by atoms with E-state index >= 15 is 0 Å². The zero-order valence-electron chi connectivity index (χ0n) is 10.7. The van der Waals surface area contributed by atoms with Gasteiger partial charge in [-0.1, -0.05) is 43.0 Å². The second kappa shape index (κ2) is 6.55. The van der Waals surface area contributed by atoms with Crippen LogP contribution in [0.1, 0.15) is 44.1 Å². The van der Waals surface area contributed by atoms with Gasteiger partial charge in [0.1, 0.15) is 0 Å². The Morgan fingerprint density at radius 2 is 1.78 bits per heavy atom. The second-order valence-corrected chi connectivity index (χ2v) is 5.42. The molecule has 1 fully saturated rings. The lowest BCUT2D eigenvalue weighted by Gasteiger charge is -2.38. The first-order chi connectivity index (χ1) is 8.77. The molecular weight excluding hydrogens is 248 g/mol. The van der Waals surface area contributed by atoms with E-state index in [1.807, 2.05) is 12.1 Å². The molecule has 0 spiro atoms. The molecule has 1 aromatic rings. The van der Waals surface area contributed by atoms with Crippen LogP contribution in [0.15, 0.2) is 24.3 Å². The molecule has 1 saturated carbocycles. The van der Waals surface area contributed by atoms with Crippen LogP contribution >= 0.6 is 11.6 Å². The summed E-state index contributed by atoms with van der Waals surface area (Å²) in [6.45, 7) is 0.815. The van der Waals surface area contributed by atoms with E-state index in [9.17, 15) is 0 Å². The summed E-state index contributed by atoms with van der Waals surface area (Å²) in [6.07, 6.45) is 6.55. The Labute approximate surface area is 114 Å². The molecule has 2 nitrogen and oxygen atoms in total. The molecule has 0 saturated heterocycles. The highest BCUT2D eigenvalue weighted by atomic mass is 35.5. The summed E-state index contributed by atoms with van der Waals surface area (Å²) in [4.78, 5) is 0. The predicted molar refractivity (Wildman–Crippen MR) is 73.9 cm³/mol. The minimum atomic E-state index is -0.155. The zero-order chi connectivity index (χ0) is 12.8. The molecule has 1 aromatic carbocycles. The van der Waals surface area contributed by atoms with Gasteiger partial charge in [-0.05, 0) is 37.0 Å². The second-order valence-electron chi connectivity index (χ2n) is 4.99. The maximum atomic E-state index is 8.89. The van der Waals surface area contributed by atoms with Gasteiger partial charge >= 0.3 is 0 Å². The molecule has 1 N–H and O–H groups in total. The first kappa shape index (κ1) is 13.9. The topological polar surface area (TPSA) is 29.5 Å². The number of halogens is 1. The van der Waals surface area contributed by atoms with Crippen molar-refractivity contribution >= 4 is 11.6 Å². The number of aliphatic hydroxyl groups is 1. The van der Waals surface area contributed by atoms with Crippen molar-refractivity contribution in [1.29, 1.82) is 0 Å². The molecule has 0 bridgehead atoms. The molecule has 0 unspecified atom stereocenters. The fraction of sp³-hybridized carbons (Fsp3) is 0.600. The van der Waals surface area contributed by atoms with Crippen molar-refractivity contribution in [2.24, 2.45) is 0 Å². The van der Waals surface area contributed by atoms with Crippen molar-refractivity contribution in [3.05, 3.63) is 34.9 Å². The van der Waals surface area contributed by atoms with Crippen LogP contribution in [-0.2, 0) is 10.3 Å². The Kier molecular flexibility index (Phi) is 5.04. The smallest absolute Gasteiger partial charge is 0.0931 e. The Balaban J connectivity index is 2.15. The van der Waals surface area contributed by atoms with E-state index in [4.69, 9.17) is 21.4 Å². The van der Waals surface area contributed by atoms with Crippen LogP contribution in [0, 0.1) is 0 Å². The fourth-order valence-electron chi connectivity index (χ4n) is 2.72. The Morgan fingerprint density at radius 3 is 2.39 bits per heavy atom. The van der Waals surface area contributed by atoms with Crippen molar-refractivity contribution in [3.63, 3.8) is 0 Å². The van der Waals surface area contributed by atoms with Crippen LogP contribution in [0.2, 0.25) is 5.02 Å². The summed E-state index contributed by atoms with van der Waals surface area (Å²) >= 11 is 5.95. The third-order valence-electron chi connectivity index (χ3n) is 3.71. The van der Waals surface area contributed by atoms with Crippen molar-refractivity contribution in [3.8, 4) is 0 Å². The molecular formula is C15H21ClO2. The molecule has 1 aliphatic carbocycles. The number of rotatable bonds is 5. The fourth-order valence-corrected chi connectivity index (χ4v) is 2.85. The summed E-state index contributed by atoms with van der Waals surface area (Å²) in [6, 6.07) is 8.02. The third kappa shape index (κ3) is 3.25. The lowest BCUT2D eigenvalue weighted by Crippen LogP contribution is -2.32. The number of benzene rings is 1. The molecule has 0 atom stereocenters. The minimum absolute atomic E-state index is 0.155. The van der Waals surface area contributed by atoms with E-state index in [0.29, 0.717) is 13.0 Å². The Morgan fingerprint density at radius 1 is 1.11 bits per heavy atom. The van der Waals surface area contributed by atoms with Gasteiger partial charge in [-0.2, -0.15) is 0 Å². The SMILES string of the molecule is OCCCOC1(c2ccc(Cl)cc2)CCCCC1. The lowest BCUT2D eigenvalue weighted by atomic mass is 9.79. The molecule has 18 heavy (non-hydrogen) atoms. The van der Waals surface area contributed by atoms with E-state index in [1.165, 1.54) is 24.8 Å². The highest BCUT2D eigenvalue weighted by Crippen LogP contribution is 2.40. The van der Waals surface area contributed by atoms with Crippen LogP contribution in [-0.4, -0.2) is 18.3 Å². The van der Waals surface area contributed by atoms with E-state index < -0.39 is 0 Å². The standard InChI is InChI=1S/C15H21ClO2/c16-14-7-5-13(6-8-14)15(18-12-4-11-17)9-2-1-3-10-15/h5-8,17H,1-4,9-12H2. The van der Waals surface area contributed by atoms with E-state index in [-0.39, 0.29) is 12.2 Å². The van der Waals surface area contributed by atoms with Crippen molar-refractivity contribution in [2.45, 2.75) is 44.1 Å². The van der Waals surface area contributed by atoms with E-state index in [2.05, 4.69) is 12.1 Å². The van der Waals surface area contributed by atoms with Crippen molar-refractivity contribution in [2.75, 3.05) is 13.2 Å². The molecule has 0 radical (unpaired) electrons. The Bertz CT molecular complexity index is 355. The predicted octanol–water partition coefficient (Wildman–Crippen LogP) is 3.90. The summed E-state index contributed by atoms with van der Waals surface area (Å²) in [5.41, 5.74) is 1.07. The highest BCUT2D eigenvalue weighted by Gasteiger charge is 2.34. The summed E-state index contributed by atoms with van der Waals surface area (Å²) in [5, 5.41) is 9.65. The average molecular weight is 269 g/mol. The monoisotopic (exact) mass is 268 g/mol. The van der Waals surface area contributed by atoms with Crippen molar-refractivity contribution < 1.29 is 9.84 Å². The van der Waals surface area contributed by atoms with Gasteiger partial charge in [0.25, 0.3) is 0 Å². The van der Waals surface area contributed by atoms with Gasteiger partial charge in [0.2, 0.25) is 0 Å². The van der Waals surface area contributed by atoms with Gasteiger partial charge in [0.15, 0.2) is 0 Å². The molecule has 0 aliphatic heterocycles. The number of ether oxygens (including phenoxy) is 1. The molecule has 2 rings (SSSR count). The molecule has 100 valence electrons. The van der Waals surface area contributed by atoms with Crippen LogP contribution < -0.4 is 0 Å². The van der Waals surface area contributed by atoms with Gasteiger partial charge in [0, 0.05) is 18.2 Å². The van der Waals surface area contributed by atoms with Crippen LogP contribution in [0.5, 0.6) is 0 Å². The average Bonchev–Trinajstić information content (AvgIpc) is 2.41. The maximum Gasteiger partial charge on any atom is 0.0931 e. The molecule has 3 heteroatoms.